The topological polar surface area (TPSA) is 74.1 Å². The van der Waals surface area contributed by atoms with Crippen LogP contribution in [0.25, 0.3) is 0 Å². The zero-order chi connectivity index (χ0) is 16.2. The molecular formula is C14H23N3O4S. The molecular weight excluding hydrogens is 306 g/mol. The number of furan rings is 1. The maximum atomic E-state index is 12.2. The van der Waals surface area contributed by atoms with E-state index in [4.69, 9.17) is 4.42 Å². The fourth-order valence-corrected chi connectivity index (χ4v) is 3.16. The molecule has 0 aromatic carbocycles. The summed E-state index contributed by atoms with van der Waals surface area (Å²) in [6, 6.07) is 3.44. The predicted molar refractivity (Wildman–Crippen MR) is 82.7 cm³/mol. The van der Waals surface area contributed by atoms with Crippen LogP contribution in [-0.4, -0.2) is 74.5 Å². The summed E-state index contributed by atoms with van der Waals surface area (Å²) in [7, 11) is -1.36. The second-order valence-electron chi connectivity index (χ2n) is 5.61. The molecule has 1 aromatic heterocycles. The SMILES string of the molecule is CN1CCN(C(=O)CCN(Cc2ccco2)S(C)(=O)=O)CC1. The Balaban J connectivity index is 1.89. The van der Waals surface area contributed by atoms with Gasteiger partial charge in [0.2, 0.25) is 15.9 Å². The summed E-state index contributed by atoms with van der Waals surface area (Å²) in [5.41, 5.74) is 0. The number of rotatable bonds is 6. The minimum absolute atomic E-state index is 0.00111. The van der Waals surface area contributed by atoms with Gasteiger partial charge in [-0.1, -0.05) is 0 Å². The summed E-state index contributed by atoms with van der Waals surface area (Å²) >= 11 is 0. The molecule has 0 N–H and O–H groups in total. The van der Waals surface area contributed by atoms with Crippen molar-refractivity contribution in [3.05, 3.63) is 24.2 Å². The van der Waals surface area contributed by atoms with Crippen LogP contribution in [0.5, 0.6) is 0 Å². The lowest BCUT2D eigenvalue weighted by atomic mass is 10.3. The van der Waals surface area contributed by atoms with Crippen LogP contribution in [0.2, 0.25) is 0 Å². The molecule has 1 aromatic rings. The van der Waals surface area contributed by atoms with Crippen LogP contribution < -0.4 is 0 Å². The Labute approximate surface area is 131 Å². The van der Waals surface area contributed by atoms with Gasteiger partial charge in [-0.25, -0.2) is 8.42 Å². The van der Waals surface area contributed by atoms with E-state index in [1.165, 1.54) is 10.6 Å². The molecule has 22 heavy (non-hydrogen) atoms. The summed E-state index contributed by atoms with van der Waals surface area (Å²) in [4.78, 5) is 16.2. The van der Waals surface area contributed by atoms with Crippen molar-refractivity contribution in [2.45, 2.75) is 13.0 Å². The lowest BCUT2D eigenvalue weighted by Crippen LogP contribution is -2.47. The molecule has 0 aliphatic carbocycles. The smallest absolute Gasteiger partial charge is 0.223 e. The second kappa shape index (κ2) is 7.26. The number of piperazine rings is 1. The van der Waals surface area contributed by atoms with E-state index in [0.717, 1.165) is 19.3 Å². The van der Waals surface area contributed by atoms with Crippen molar-refractivity contribution in [1.82, 2.24) is 14.1 Å². The molecule has 2 heterocycles. The molecule has 124 valence electrons. The van der Waals surface area contributed by atoms with Crippen LogP contribution in [0.3, 0.4) is 0 Å². The van der Waals surface area contributed by atoms with Crippen molar-refractivity contribution in [2.75, 3.05) is 46.0 Å². The molecule has 0 atom stereocenters. The van der Waals surface area contributed by atoms with Gasteiger partial charge in [0.25, 0.3) is 0 Å². The minimum Gasteiger partial charge on any atom is -0.468 e. The molecule has 7 nitrogen and oxygen atoms in total. The van der Waals surface area contributed by atoms with E-state index in [0.29, 0.717) is 18.8 Å². The van der Waals surface area contributed by atoms with E-state index in [1.54, 1.807) is 17.0 Å². The molecule has 1 saturated heterocycles. The number of hydrogen-bond acceptors (Lipinski definition) is 5. The van der Waals surface area contributed by atoms with Crippen LogP contribution >= 0.6 is 0 Å². The van der Waals surface area contributed by atoms with Gasteiger partial charge in [-0.3, -0.25) is 4.79 Å². The van der Waals surface area contributed by atoms with Gasteiger partial charge in [0, 0.05) is 39.1 Å². The number of carbonyl (C=O) groups is 1. The van der Waals surface area contributed by atoms with Gasteiger partial charge >= 0.3 is 0 Å². The highest BCUT2D eigenvalue weighted by Gasteiger charge is 2.23. The standard InChI is InChI=1S/C14H23N3O4S/c1-15-7-9-16(10-8-15)14(18)5-6-17(22(2,19)20)12-13-4-3-11-21-13/h3-4,11H,5-10,12H2,1-2H3. The maximum absolute atomic E-state index is 12.2. The summed E-state index contributed by atoms with van der Waals surface area (Å²) in [6.07, 6.45) is 2.85. The van der Waals surface area contributed by atoms with Crippen molar-refractivity contribution >= 4 is 15.9 Å². The second-order valence-corrected chi connectivity index (χ2v) is 7.59. The van der Waals surface area contributed by atoms with Crippen molar-refractivity contribution < 1.29 is 17.6 Å². The number of likely N-dealkylation sites (N-methyl/N-ethyl adjacent to an activating group) is 1. The molecule has 1 amide bonds. The third-order valence-electron chi connectivity index (χ3n) is 3.81. The van der Waals surface area contributed by atoms with E-state index in [-0.39, 0.29) is 25.4 Å². The van der Waals surface area contributed by atoms with Gasteiger partial charge in [0.15, 0.2) is 0 Å². The Hall–Kier alpha value is -1.38. The first kappa shape index (κ1) is 17.0. The Morgan fingerprint density at radius 2 is 2.00 bits per heavy atom. The molecule has 0 radical (unpaired) electrons. The lowest BCUT2D eigenvalue weighted by molar-refractivity contribution is -0.132. The first-order chi connectivity index (χ1) is 10.4. The average molecular weight is 329 g/mol. The predicted octanol–water partition coefficient (Wildman–Crippen LogP) is 0.205. The molecule has 1 aliphatic rings. The highest BCUT2D eigenvalue weighted by molar-refractivity contribution is 7.88. The number of nitrogens with zero attached hydrogens (tertiary/aromatic N) is 3. The normalized spacial score (nSPS) is 17.1. The van der Waals surface area contributed by atoms with Crippen LogP contribution in [-0.2, 0) is 21.4 Å². The van der Waals surface area contributed by atoms with Crippen LogP contribution in [0.15, 0.2) is 22.8 Å². The van der Waals surface area contributed by atoms with E-state index in [2.05, 4.69) is 4.90 Å². The van der Waals surface area contributed by atoms with E-state index >= 15 is 0 Å². The molecule has 2 rings (SSSR count). The molecule has 0 spiro atoms. The van der Waals surface area contributed by atoms with E-state index in [1.807, 2.05) is 7.05 Å². The van der Waals surface area contributed by atoms with Gasteiger partial charge in [-0.2, -0.15) is 4.31 Å². The monoisotopic (exact) mass is 329 g/mol. The average Bonchev–Trinajstić information content (AvgIpc) is 2.95. The number of carbonyl (C=O) groups excluding carboxylic acids is 1. The Kier molecular flexibility index (Phi) is 5.60. The van der Waals surface area contributed by atoms with Gasteiger partial charge in [-0.15, -0.1) is 0 Å². The highest BCUT2D eigenvalue weighted by Crippen LogP contribution is 2.11. The third-order valence-corrected chi connectivity index (χ3v) is 5.06. The Morgan fingerprint density at radius 3 is 2.55 bits per heavy atom. The van der Waals surface area contributed by atoms with E-state index < -0.39 is 10.0 Å². The molecule has 0 unspecified atom stereocenters. The number of hydrogen-bond donors (Lipinski definition) is 0. The maximum Gasteiger partial charge on any atom is 0.223 e. The quantitative estimate of drug-likeness (QED) is 0.746. The molecule has 1 fully saturated rings. The first-order valence-electron chi connectivity index (χ1n) is 7.30. The summed E-state index contributed by atoms with van der Waals surface area (Å²) < 4.78 is 30.1. The Bertz CT molecular complexity index is 577. The molecule has 0 bridgehead atoms. The zero-order valence-electron chi connectivity index (χ0n) is 13.1. The van der Waals surface area contributed by atoms with Crippen molar-refractivity contribution in [3.8, 4) is 0 Å². The van der Waals surface area contributed by atoms with Crippen LogP contribution in [0.4, 0.5) is 0 Å². The minimum atomic E-state index is -3.38. The van der Waals surface area contributed by atoms with Gasteiger partial charge in [-0.05, 0) is 19.2 Å². The highest BCUT2D eigenvalue weighted by atomic mass is 32.2. The largest absolute Gasteiger partial charge is 0.468 e. The van der Waals surface area contributed by atoms with Crippen LogP contribution in [0, 0.1) is 0 Å². The molecule has 0 saturated carbocycles. The Morgan fingerprint density at radius 1 is 1.32 bits per heavy atom. The fourth-order valence-electron chi connectivity index (χ4n) is 2.37. The zero-order valence-corrected chi connectivity index (χ0v) is 13.9. The van der Waals surface area contributed by atoms with Crippen LogP contribution in [0.1, 0.15) is 12.2 Å². The summed E-state index contributed by atoms with van der Waals surface area (Å²) in [5.74, 6) is 0.568. The van der Waals surface area contributed by atoms with Crippen molar-refractivity contribution in [2.24, 2.45) is 0 Å². The fraction of sp³-hybridized carbons (Fsp3) is 0.643. The lowest BCUT2D eigenvalue weighted by Gasteiger charge is -2.32. The van der Waals surface area contributed by atoms with Gasteiger partial charge in [0.1, 0.15) is 5.76 Å². The van der Waals surface area contributed by atoms with Gasteiger partial charge < -0.3 is 14.2 Å². The third kappa shape index (κ3) is 4.82. The van der Waals surface area contributed by atoms with E-state index in [9.17, 15) is 13.2 Å². The number of amides is 1. The van der Waals surface area contributed by atoms with Gasteiger partial charge in [0.05, 0.1) is 19.1 Å². The first-order valence-corrected chi connectivity index (χ1v) is 9.15. The number of sulfonamides is 1. The van der Waals surface area contributed by atoms with Crippen molar-refractivity contribution in [3.63, 3.8) is 0 Å². The summed E-state index contributed by atoms with van der Waals surface area (Å²) in [5, 5.41) is 0. The molecule has 8 heteroatoms. The summed E-state index contributed by atoms with van der Waals surface area (Å²) in [6.45, 7) is 3.44. The molecule has 1 aliphatic heterocycles. The van der Waals surface area contributed by atoms with Crippen molar-refractivity contribution in [1.29, 1.82) is 0 Å².